The number of hydrogen-bond acceptors (Lipinski definition) is 7. The van der Waals surface area contributed by atoms with Crippen molar-refractivity contribution in [3.05, 3.63) is 309 Å². The summed E-state index contributed by atoms with van der Waals surface area (Å²) in [6, 6.07) is 109. The SMILES string of the molecule is c1ccc(-c2cc(-c3ccccc3)nc(-c3ccc(-n4c5ccccc5c5ccccc54)c(-c4nc(-c5ccccc5)nc(-c5ccc(-c6ccc7c8c6N(c6ccccc6)c6ccccc6B8c6ccccc6N7c6ccccc6)cc5)n4)c3)n2)cc1. The van der Waals surface area contributed by atoms with Crippen molar-refractivity contribution in [2.45, 2.75) is 0 Å². The molecule has 0 amide bonds. The van der Waals surface area contributed by atoms with E-state index in [2.05, 4.69) is 269 Å². The van der Waals surface area contributed by atoms with Gasteiger partial charge in [-0.15, -0.1) is 0 Å². The molecule has 0 fully saturated rings. The Morgan fingerprint density at radius 1 is 0.261 bits per heavy atom. The van der Waals surface area contributed by atoms with Gasteiger partial charge in [-0.2, -0.15) is 0 Å². The maximum atomic E-state index is 5.55. The monoisotopic (exact) mass is 1120 g/mol. The topological polar surface area (TPSA) is 75.9 Å². The summed E-state index contributed by atoms with van der Waals surface area (Å²) >= 11 is 0. The van der Waals surface area contributed by atoms with Crippen LogP contribution in [0.3, 0.4) is 0 Å². The zero-order valence-corrected chi connectivity index (χ0v) is 47.6. The van der Waals surface area contributed by atoms with Gasteiger partial charge in [0, 0.05) is 78.2 Å². The van der Waals surface area contributed by atoms with E-state index in [1.807, 2.05) is 54.6 Å². The lowest BCUT2D eigenvalue weighted by Crippen LogP contribution is -2.61. The van der Waals surface area contributed by atoms with E-state index in [0.29, 0.717) is 23.3 Å². The molecule has 0 atom stereocenters. The van der Waals surface area contributed by atoms with Gasteiger partial charge in [0.25, 0.3) is 6.71 Å². The van der Waals surface area contributed by atoms with Gasteiger partial charge < -0.3 is 14.4 Å². The third-order valence-corrected chi connectivity index (χ3v) is 17.3. The van der Waals surface area contributed by atoms with Gasteiger partial charge in [0.15, 0.2) is 23.3 Å². The van der Waals surface area contributed by atoms with Crippen molar-refractivity contribution in [2.75, 3.05) is 9.80 Å². The van der Waals surface area contributed by atoms with Gasteiger partial charge in [0.05, 0.1) is 33.8 Å². The quantitative estimate of drug-likeness (QED) is 0.126. The molecule has 9 heteroatoms. The zero-order chi connectivity index (χ0) is 58.1. The fraction of sp³-hybridized carbons (Fsp3) is 0. The van der Waals surface area contributed by atoms with Crippen LogP contribution < -0.4 is 26.2 Å². The first-order chi connectivity index (χ1) is 43.7. The molecule has 0 aliphatic carbocycles. The lowest BCUT2D eigenvalue weighted by Gasteiger charge is -2.45. The highest BCUT2D eigenvalue weighted by Crippen LogP contribution is 2.48. The first-order valence-corrected chi connectivity index (χ1v) is 29.8. The Balaban J connectivity index is 0.867. The molecule has 5 heterocycles. The molecule has 0 spiro atoms. The molecule has 0 unspecified atom stereocenters. The number of para-hydroxylation sites is 6. The molecule has 410 valence electrons. The molecule has 88 heavy (non-hydrogen) atoms. The largest absolute Gasteiger partial charge is 0.311 e. The lowest BCUT2D eigenvalue weighted by molar-refractivity contribution is 1.06. The fourth-order valence-electron chi connectivity index (χ4n) is 13.3. The minimum absolute atomic E-state index is 0.0206. The molecule has 0 N–H and O–H groups in total. The Hall–Kier alpha value is -11.8. The molecule has 0 saturated carbocycles. The van der Waals surface area contributed by atoms with E-state index < -0.39 is 0 Å². The predicted molar refractivity (Wildman–Crippen MR) is 362 cm³/mol. The van der Waals surface area contributed by atoms with E-state index in [9.17, 15) is 0 Å². The van der Waals surface area contributed by atoms with Crippen molar-refractivity contribution in [2.24, 2.45) is 0 Å². The van der Waals surface area contributed by atoms with Crippen molar-refractivity contribution in [3.63, 3.8) is 0 Å². The van der Waals surface area contributed by atoms with E-state index in [0.717, 1.165) is 112 Å². The standard InChI is InChI=1S/C79H51BN8/c1-6-24-53(25-7-1)66-51-67(54-26-8-2-9-27-54)82-78(81-66)57-46-48-70(88-68-38-20-16-34-61(68)62-35-17-21-39-69(62)88)63(50-57)79-84-76(55-28-10-3-11-29-55)83-77(85-79)56-44-42-52(43-45-56)60-47-49-73-74-75(60)87(59-32-14-5-15-33-59)72-41-23-19-37-65(72)80(74)64-36-18-22-40-71(64)86(73)58-30-12-4-13-31-58/h1-51H. The van der Waals surface area contributed by atoms with Crippen LogP contribution in [0.25, 0.3) is 107 Å². The minimum atomic E-state index is -0.0206. The number of anilines is 6. The van der Waals surface area contributed by atoms with Crippen LogP contribution in [0.5, 0.6) is 0 Å². The molecule has 15 aromatic rings. The lowest BCUT2D eigenvalue weighted by atomic mass is 9.33. The molecule has 0 saturated heterocycles. The summed E-state index contributed by atoms with van der Waals surface area (Å²) in [5, 5.41) is 2.30. The second kappa shape index (κ2) is 21.1. The van der Waals surface area contributed by atoms with Gasteiger partial charge in [-0.3, -0.25) is 0 Å². The van der Waals surface area contributed by atoms with Crippen LogP contribution in [0.15, 0.2) is 309 Å². The molecule has 0 radical (unpaired) electrons. The van der Waals surface area contributed by atoms with Crippen LogP contribution in [-0.2, 0) is 0 Å². The third kappa shape index (κ3) is 8.50. The van der Waals surface area contributed by atoms with E-state index in [4.69, 9.17) is 24.9 Å². The van der Waals surface area contributed by atoms with E-state index in [1.165, 1.54) is 22.1 Å². The summed E-state index contributed by atoms with van der Waals surface area (Å²) in [6.07, 6.45) is 0. The summed E-state index contributed by atoms with van der Waals surface area (Å²) in [6.45, 7) is -0.0206. The van der Waals surface area contributed by atoms with Crippen LogP contribution in [0.1, 0.15) is 0 Å². The number of rotatable bonds is 10. The highest BCUT2D eigenvalue weighted by molar-refractivity contribution is 7.00. The molecule has 8 nitrogen and oxygen atoms in total. The number of fused-ring (bicyclic) bond motifs is 7. The Morgan fingerprint density at radius 2 is 0.682 bits per heavy atom. The Morgan fingerprint density at radius 3 is 1.26 bits per heavy atom. The van der Waals surface area contributed by atoms with Crippen LogP contribution in [0.2, 0.25) is 0 Å². The Bertz CT molecular complexity index is 5030. The first-order valence-electron chi connectivity index (χ1n) is 29.8. The van der Waals surface area contributed by atoms with Crippen LogP contribution >= 0.6 is 0 Å². The molecule has 0 bridgehead atoms. The smallest absolute Gasteiger partial charge is 0.252 e. The van der Waals surface area contributed by atoms with Gasteiger partial charge in [-0.1, -0.05) is 231 Å². The van der Waals surface area contributed by atoms with Gasteiger partial charge in [0.1, 0.15) is 0 Å². The maximum Gasteiger partial charge on any atom is 0.252 e. The normalized spacial score (nSPS) is 12.2. The van der Waals surface area contributed by atoms with Crippen LogP contribution in [0.4, 0.5) is 34.1 Å². The molecule has 17 rings (SSSR count). The van der Waals surface area contributed by atoms with Crippen molar-refractivity contribution >= 4 is 79.0 Å². The van der Waals surface area contributed by atoms with E-state index in [-0.39, 0.29) is 6.71 Å². The van der Waals surface area contributed by atoms with Crippen molar-refractivity contribution in [1.29, 1.82) is 0 Å². The Kier molecular flexibility index (Phi) is 12.1. The molecule has 2 aliphatic heterocycles. The second-order valence-electron chi connectivity index (χ2n) is 22.3. The minimum Gasteiger partial charge on any atom is -0.311 e. The van der Waals surface area contributed by atoms with Crippen molar-refractivity contribution < 1.29 is 0 Å². The Labute approximate surface area is 509 Å². The number of nitrogens with zero attached hydrogens (tertiary/aromatic N) is 8. The van der Waals surface area contributed by atoms with Crippen molar-refractivity contribution in [3.8, 4) is 84.9 Å². The van der Waals surface area contributed by atoms with Crippen molar-refractivity contribution in [1.82, 2.24) is 29.5 Å². The number of benzene rings is 12. The number of hydrogen-bond donors (Lipinski definition) is 0. The molecule has 12 aromatic carbocycles. The second-order valence-corrected chi connectivity index (χ2v) is 22.3. The van der Waals surface area contributed by atoms with Gasteiger partial charge in [0.2, 0.25) is 0 Å². The summed E-state index contributed by atoms with van der Waals surface area (Å²) in [7, 11) is 0. The molecular formula is C79H51BN8. The van der Waals surface area contributed by atoms with Gasteiger partial charge >= 0.3 is 0 Å². The van der Waals surface area contributed by atoms with Crippen LogP contribution in [-0.4, -0.2) is 36.2 Å². The fourth-order valence-corrected chi connectivity index (χ4v) is 13.3. The molecule has 2 aliphatic rings. The number of aromatic nitrogens is 6. The van der Waals surface area contributed by atoms with Gasteiger partial charge in [-0.25, -0.2) is 24.9 Å². The summed E-state index contributed by atoms with van der Waals surface area (Å²) < 4.78 is 2.34. The highest BCUT2D eigenvalue weighted by Gasteiger charge is 2.44. The summed E-state index contributed by atoms with van der Waals surface area (Å²) in [5.74, 6) is 2.20. The highest BCUT2D eigenvalue weighted by atomic mass is 15.2. The average molecular weight is 1120 g/mol. The van der Waals surface area contributed by atoms with Crippen LogP contribution in [0, 0.1) is 0 Å². The third-order valence-electron chi connectivity index (χ3n) is 17.3. The molecule has 3 aromatic heterocycles. The first kappa shape index (κ1) is 50.7. The summed E-state index contributed by atoms with van der Waals surface area (Å²) in [5.41, 5.74) is 22.9. The zero-order valence-electron chi connectivity index (χ0n) is 47.6. The van der Waals surface area contributed by atoms with Gasteiger partial charge in [-0.05, 0) is 101 Å². The summed E-state index contributed by atoms with van der Waals surface area (Å²) in [4.78, 5) is 31.9. The van der Waals surface area contributed by atoms with E-state index >= 15 is 0 Å². The maximum absolute atomic E-state index is 5.55. The average Bonchev–Trinajstić information content (AvgIpc) is 0.902. The van der Waals surface area contributed by atoms with E-state index in [1.54, 1.807) is 0 Å². The molecular weight excluding hydrogens is 1070 g/mol. The predicted octanol–water partition coefficient (Wildman–Crippen LogP) is 17.5.